The maximum absolute atomic E-state index is 12.7. The first-order chi connectivity index (χ1) is 49.5. The Bertz CT molecular complexity index is 3140. The molecular weight excluding hydrogens is 1290 g/mol. The smallest absolute Gasteiger partial charge is 0.307 e. The van der Waals surface area contributed by atoms with Crippen LogP contribution < -0.4 is 78.2 Å². The lowest BCUT2D eigenvalue weighted by Crippen LogP contribution is -2.39. The fourth-order valence-electron chi connectivity index (χ4n) is 9.30. The number of unbranched alkanes of at least 4 members (excludes halogenated alkanes) is 1. The van der Waals surface area contributed by atoms with Crippen LogP contribution in [0.3, 0.4) is 0 Å². The van der Waals surface area contributed by atoms with Crippen molar-refractivity contribution in [2.24, 2.45) is 39.8 Å². The summed E-state index contributed by atoms with van der Waals surface area (Å²) in [4.78, 5) is 61.6. The van der Waals surface area contributed by atoms with Gasteiger partial charge in [-0.15, -0.1) is 0 Å². The van der Waals surface area contributed by atoms with Crippen molar-refractivity contribution in [1.82, 2.24) is 26.6 Å². The van der Waals surface area contributed by atoms with E-state index in [4.69, 9.17) is 75.3 Å². The summed E-state index contributed by atoms with van der Waals surface area (Å²) in [7, 11) is 0. The number of anilines is 3. The summed E-state index contributed by atoms with van der Waals surface area (Å²) in [5.74, 6) is -1.67. The zero-order chi connectivity index (χ0) is 73.8. The highest BCUT2D eigenvalue weighted by Crippen LogP contribution is 2.25. The van der Waals surface area contributed by atoms with E-state index in [0.717, 1.165) is 78.3 Å². The van der Waals surface area contributed by atoms with E-state index in [-0.39, 0.29) is 51.0 Å². The predicted molar refractivity (Wildman–Crippen MR) is 404 cm³/mol. The number of benzene rings is 7. The average Bonchev–Trinajstić information content (AvgIpc) is 0.890. The highest BCUT2D eigenvalue weighted by Gasteiger charge is 2.34. The number of nitrogens with two attached hydrogens (primary N) is 9. The lowest BCUT2D eigenvalue weighted by molar-refractivity contribution is -0.162. The first-order valence-electron chi connectivity index (χ1n) is 34.9. The Morgan fingerprint density at radius 3 is 0.657 bits per heavy atom. The fraction of sp³-hybridized carbons (Fsp3) is 0.397. The van der Waals surface area contributed by atoms with Gasteiger partial charge in [-0.25, -0.2) is 0 Å². The number of nitrogen functional groups attached to an aromatic ring is 3. The number of hydrogen-bond acceptors (Lipinski definition) is 24. The molecule has 0 atom stereocenters. The summed E-state index contributed by atoms with van der Waals surface area (Å²) >= 11 is 0. The normalized spacial score (nSPS) is 10.8. The van der Waals surface area contributed by atoms with Crippen molar-refractivity contribution in [3.8, 4) is 0 Å². The molecule has 0 radical (unpaired) electrons. The van der Waals surface area contributed by atoms with Crippen molar-refractivity contribution in [1.29, 1.82) is 0 Å². The van der Waals surface area contributed by atoms with Crippen LogP contribution in [-0.2, 0) is 120 Å². The summed E-state index contributed by atoms with van der Waals surface area (Å²) in [6.45, 7) is 11.2. The SMILES string of the molecule is CCC(COC(=O)CCNCc1ccc(CN)cc1)(COC(=O)CCNCc1ccc(CN)cc1)COC(=O)CCNCc1ccc(CN)cc1.NCc1ccc(CN)cc1.NCc1ccc(N)cc1.Nc1ccc(CNCCC(=O)OCCCCOC(=O)CCNCc2ccc(N)cc2)cc1. The molecule has 0 spiro atoms. The molecule has 0 amide bonds. The minimum Gasteiger partial charge on any atom is -0.466 e. The molecule has 24 nitrogen and oxygen atoms in total. The number of ether oxygens (including phenoxy) is 5. The molecule has 0 aliphatic heterocycles. The summed E-state index contributed by atoms with van der Waals surface area (Å²) in [6, 6.07) is 54.6. The maximum Gasteiger partial charge on any atom is 0.307 e. The van der Waals surface area contributed by atoms with Crippen LogP contribution in [0.15, 0.2) is 170 Å². The Balaban J connectivity index is 0.000000360. The monoisotopic (exact) mass is 1400 g/mol. The van der Waals surface area contributed by atoms with Gasteiger partial charge in [0.15, 0.2) is 0 Å². The summed E-state index contributed by atoms with van der Waals surface area (Å²) in [5.41, 5.74) is 63.3. The van der Waals surface area contributed by atoms with Crippen molar-refractivity contribution >= 4 is 46.9 Å². The summed E-state index contributed by atoms with van der Waals surface area (Å²) < 4.78 is 27.4. The third kappa shape index (κ3) is 38.6. The van der Waals surface area contributed by atoms with Crippen LogP contribution in [0.1, 0.15) is 119 Å². The van der Waals surface area contributed by atoms with Gasteiger partial charge in [-0.3, -0.25) is 24.0 Å². The van der Waals surface area contributed by atoms with E-state index in [2.05, 4.69) is 26.6 Å². The maximum atomic E-state index is 12.7. The Hall–Kier alpha value is -9.15. The Kier molecular flexibility index (Phi) is 43.4. The minimum atomic E-state index is -0.893. The van der Waals surface area contributed by atoms with E-state index in [1.165, 1.54) is 0 Å². The second-order valence-corrected chi connectivity index (χ2v) is 24.3. The molecule has 7 rings (SSSR count). The summed E-state index contributed by atoms with van der Waals surface area (Å²) in [6.07, 6.45) is 2.86. The lowest BCUT2D eigenvalue weighted by Gasteiger charge is -2.31. The van der Waals surface area contributed by atoms with Gasteiger partial charge in [0.1, 0.15) is 19.8 Å². The number of carbonyl (C=O) groups is 5. The van der Waals surface area contributed by atoms with Gasteiger partial charge < -0.3 is 102 Å². The molecule has 0 saturated carbocycles. The van der Waals surface area contributed by atoms with E-state index in [0.29, 0.717) is 150 Å². The van der Waals surface area contributed by atoms with Gasteiger partial charge in [-0.2, -0.15) is 0 Å². The highest BCUT2D eigenvalue weighted by atomic mass is 16.6. The molecule has 0 saturated heterocycles. The second kappa shape index (κ2) is 51.9. The van der Waals surface area contributed by atoms with Gasteiger partial charge in [-0.05, 0) is 117 Å². The molecule has 0 unspecified atom stereocenters. The minimum absolute atomic E-state index is 0.0580. The molecule has 554 valence electrons. The van der Waals surface area contributed by atoms with E-state index in [1.54, 1.807) is 0 Å². The molecule has 0 aromatic heterocycles. The largest absolute Gasteiger partial charge is 0.466 e. The number of nitrogens with one attached hydrogen (secondary N) is 5. The van der Waals surface area contributed by atoms with Crippen LogP contribution in [0.2, 0.25) is 0 Å². The van der Waals surface area contributed by atoms with E-state index in [1.807, 2.05) is 177 Å². The van der Waals surface area contributed by atoms with Crippen molar-refractivity contribution < 1.29 is 47.7 Å². The third-order valence-electron chi connectivity index (χ3n) is 16.1. The van der Waals surface area contributed by atoms with Gasteiger partial charge in [0.2, 0.25) is 0 Å². The Morgan fingerprint density at radius 2 is 0.461 bits per heavy atom. The summed E-state index contributed by atoms with van der Waals surface area (Å²) in [5, 5.41) is 16.1. The van der Waals surface area contributed by atoms with Crippen LogP contribution in [0.4, 0.5) is 17.1 Å². The molecule has 0 aliphatic rings. The zero-order valence-electron chi connectivity index (χ0n) is 59.5. The molecule has 7 aromatic carbocycles. The molecule has 24 heteroatoms. The van der Waals surface area contributed by atoms with Crippen LogP contribution in [-0.4, -0.2) is 95.6 Å². The van der Waals surface area contributed by atoms with Gasteiger partial charge in [0, 0.05) is 122 Å². The first-order valence-corrected chi connectivity index (χ1v) is 34.9. The first kappa shape index (κ1) is 85.3. The predicted octanol–water partition coefficient (Wildman–Crippen LogP) is 6.64. The van der Waals surface area contributed by atoms with Crippen molar-refractivity contribution in [3.05, 3.63) is 231 Å². The van der Waals surface area contributed by atoms with E-state index >= 15 is 0 Å². The van der Waals surface area contributed by atoms with E-state index in [9.17, 15) is 24.0 Å². The number of esters is 5. The fourth-order valence-corrected chi connectivity index (χ4v) is 9.30. The van der Waals surface area contributed by atoms with Crippen molar-refractivity contribution in [3.63, 3.8) is 0 Å². The van der Waals surface area contributed by atoms with Gasteiger partial charge in [0.25, 0.3) is 0 Å². The van der Waals surface area contributed by atoms with Crippen molar-refractivity contribution in [2.45, 2.75) is 130 Å². The zero-order valence-corrected chi connectivity index (χ0v) is 59.5. The lowest BCUT2D eigenvalue weighted by atomic mass is 9.88. The molecule has 102 heavy (non-hydrogen) atoms. The van der Waals surface area contributed by atoms with Crippen molar-refractivity contribution in [2.75, 3.05) is 83.0 Å². The van der Waals surface area contributed by atoms with Gasteiger partial charge in [-0.1, -0.05) is 140 Å². The van der Waals surface area contributed by atoms with Crippen LogP contribution in [0.5, 0.6) is 0 Å². The molecule has 0 heterocycles. The Morgan fingerprint density at radius 1 is 0.284 bits per heavy atom. The van der Waals surface area contributed by atoms with Crippen LogP contribution in [0.25, 0.3) is 0 Å². The molecule has 7 aromatic rings. The standard InChI is InChI=1S/C39H56N6O6.C24H34N4O4.C8H12N2.C7H10N2/c1-2-39(27-49-36(46)15-18-43-24-33-9-3-30(21-40)4-10-33,28-50-37(47)16-19-44-25-34-11-5-31(22-41)6-12-34)29-51-38(48)17-20-45-26-35-13-7-32(23-42)8-14-35;25-21-7-3-19(4-8-21)17-27-13-11-23(29)31-15-1-2-16-32-24(30)12-14-28-18-20-5-9-22(26)10-6-20;9-5-7-1-2-8(6-10)4-3-7;8-5-6-1-3-7(9)4-2-6/h3-14,43-45H,2,15-29,40-42H2,1H3;3-10,27-28H,1-2,11-18,25-26H2;1-4H,5-6,9-10H2;1-4H,5,8-9H2. The van der Waals surface area contributed by atoms with Crippen LogP contribution >= 0.6 is 0 Å². The van der Waals surface area contributed by atoms with Crippen LogP contribution in [0, 0.1) is 5.41 Å². The van der Waals surface area contributed by atoms with Gasteiger partial charge >= 0.3 is 29.8 Å². The average molecular weight is 1410 g/mol. The molecule has 0 fully saturated rings. The van der Waals surface area contributed by atoms with E-state index < -0.39 is 23.3 Å². The molecule has 23 N–H and O–H groups in total. The highest BCUT2D eigenvalue weighted by molar-refractivity contribution is 5.71. The number of carbonyl (C=O) groups excluding carboxylic acids is 5. The quantitative estimate of drug-likeness (QED) is 0.00824. The Labute approximate surface area is 602 Å². The molecule has 0 bridgehead atoms. The molecule has 0 aliphatic carbocycles. The topological polar surface area (TPSA) is 426 Å². The number of rotatable bonds is 43. The van der Waals surface area contributed by atoms with Gasteiger partial charge in [0.05, 0.1) is 50.7 Å². The number of hydrogen-bond donors (Lipinski definition) is 14. The third-order valence-corrected chi connectivity index (χ3v) is 16.1. The second-order valence-electron chi connectivity index (χ2n) is 24.3. The molecular formula is C78H112N14O10.